The number of sulfonamides is 1. The Hall–Kier alpha value is -0.670. The number of carbonyl (C=O) groups excluding carboxylic acids is 1. The second-order valence-electron chi connectivity index (χ2n) is 4.53. The van der Waals surface area contributed by atoms with Gasteiger partial charge in [-0.1, -0.05) is 6.07 Å². The molecule has 104 valence electrons. The number of hydrogen-bond acceptors (Lipinski definition) is 3. The van der Waals surface area contributed by atoms with Gasteiger partial charge in [-0.2, -0.15) is 4.31 Å². The minimum Gasteiger partial charge on any atom is -0.325 e. The highest BCUT2D eigenvalue weighted by Gasteiger charge is 2.36. The first-order chi connectivity index (χ1) is 8.88. The number of rotatable bonds is 3. The molecule has 19 heavy (non-hydrogen) atoms. The van der Waals surface area contributed by atoms with E-state index in [-0.39, 0.29) is 5.91 Å². The van der Waals surface area contributed by atoms with Crippen LogP contribution in [0.3, 0.4) is 0 Å². The van der Waals surface area contributed by atoms with Crippen LogP contribution in [-0.2, 0) is 14.8 Å². The van der Waals surface area contributed by atoms with E-state index in [1.54, 1.807) is 6.07 Å². The molecule has 1 unspecified atom stereocenters. The molecule has 1 atom stereocenters. The third-order valence-electron chi connectivity index (χ3n) is 3.02. The van der Waals surface area contributed by atoms with Gasteiger partial charge >= 0.3 is 0 Å². The van der Waals surface area contributed by atoms with E-state index in [1.807, 2.05) is 18.2 Å². The van der Waals surface area contributed by atoms with Crippen LogP contribution >= 0.6 is 22.6 Å². The summed E-state index contributed by atoms with van der Waals surface area (Å²) in [5.41, 5.74) is 0.692. The lowest BCUT2D eigenvalue weighted by molar-refractivity contribution is -0.119. The highest BCUT2D eigenvalue weighted by molar-refractivity contribution is 14.1. The van der Waals surface area contributed by atoms with Gasteiger partial charge in [0.1, 0.15) is 6.04 Å². The maximum absolute atomic E-state index is 12.2. The van der Waals surface area contributed by atoms with Crippen molar-refractivity contribution in [2.24, 2.45) is 0 Å². The predicted octanol–water partition coefficient (Wildman–Crippen LogP) is 1.65. The molecule has 1 heterocycles. The molecule has 1 aliphatic rings. The summed E-state index contributed by atoms with van der Waals surface area (Å²) in [5.74, 6) is -0.259. The van der Waals surface area contributed by atoms with E-state index in [0.717, 1.165) is 16.2 Å². The van der Waals surface area contributed by atoms with Crippen LogP contribution in [0.5, 0.6) is 0 Å². The zero-order valence-corrected chi connectivity index (χ0v) is 13.4. The van der Waals surface area contributed by atoms with Gasteiger partial charge in [0.15, 0.2) is 0 Å². The Balaban J connectivity index is 2.12. The Bertz CT molecular complexity index is 588. The van der Waals surface area contributed by atoms with Crippen LogP contribution in [0.15, 0.2) is 24.3 Å². The molecule has 1 aliphatic heterocycles. The van der Waals surface area contributed by atoms with E-state index < -0.39 is 16.1 Å². The predicted molar refractivity (Wildman–Crippen MR) is 82.4 cm³/mol. The van der Waals surface area contributed by atoms with Crippen LogP contribution in [0, 0.1) is 3.57 Å². The number of carbonyl (C=O) groups is 1. The lowest BCUT2D eigenvalue weighted by Crippen LogP contribution is -2.42. The molecule has 0 aliphatic carbocycles. The summed E-state index contributed by atoms with van der Waals surface area (Å²) < 4.78 is 25.5. The van der Waals surface area contributed by atoms with Crippen molar-refractivity contribution in [2.45, 2.75) is 18.9 Å². The minimum absolute atomic E-state index is 0.259. The highest BCUT2D eigenvalue weighted by atomic mass is 127. The molecule has 2 rings (SSSR count). The van der Waals surface area contributed by atoms with Crippen molar-refractivity contribution in [1.29, 1.82) is 0 Å². The SMILES string of the molecule is CS(=O)(=O)N1CCCC1C(=O)Nc1cccc(I)c1. The van der Waals surface area contributed by atoms with Crippen molar-refractivity contribution < 1.29 is 13.2 Å². The molecule has 5 nitrogen and oxygen atoms in total. The molecule has 1 amide bonds. The van der Waals surface area contributed by atoms with Crippen LogP contribution in [-0.4, -0.2) is 37.5 Å². The second-order valence-corrected chi connectivity index (χ2v) is 7.71. The van der Waals surface area contributed by atoms with E-state index in [9.17, 15) is 13.2 Å². The van der Waals surface area contributed by atoms with Crippen molar-refractivity contribution in [3.63, 3.8) is 0 Å². The maximum Gasteiger partial charge on any atom is 0.242 e. The molecule has 1 aromatic rings. The van der Waals surface area contributed by atoms with Gasteiger partial charge in [-0.15, -0.1) is 0 Å². The van der Waals surface area contributed by atoms with Crippen LogP contribution in [0.25, 0.3) is 0 Å². The highest BCUT2D eigenvalue weighted by Crippen LogP contribution is 2.22. The van der Waals surface area contributed by atoms with E-state index in [1.165, 1.54) is 4.31 Å². The lowest BCUT2D eigenvalue weighted by Gasteiger charge is -2.21. The summed E-state index contributed by atoms with van der Waals surface area (Å²) in [7, 11) is -3.33. The van der Waals surface area contributed by atoms with Gasteiger partial charge in [0.2, 0.25) is 15.9 Å². The van der Waals surface area contributed by atoms with Crippen molar-refractivity contribution in [3.8, 4) is 0 Å². The van der Waals surface area contributed by atoms with Crippen LogP contribution < -0.4 is 5.32 Å². The fourth-order valence-corrected chi connectivity index (χ4v) is 3.86. The molecule has 0 saturated carbocycles. The van der Waals surface area contributed by atoms with Crippen LogP contribution in [0.2, 0.25) is 0 Å². The van der Waals surface area contributed by atoms with Gasteiger partial charge in [-0.3, -0.25) is 4.79 Å². The molecular formula is C12H15IN2O3S. The average molecular weight is 394 g/mol. The zero-order valence-electron chi connectivity index (χ0n) is 10.5. The number of amides is 1. The van der Waals surface area contributed by atoms with Gasteiger partial charge < -0.3 is 5.32 Å². The Morgan fingerprint density at radius 3 is 2.84 bits per heavy atom. The van der Waals surface area contributed by atoms with Crippen molar-refractivity contribution >= 4 is 44.2 Å². The third kappa shape index (κ3) is 3.67. The molecular weight excluding hydrogens is 379 g/mol. The standard InChI is InChI=1S/C12H15IN2O3S/c1-19(17,18)15-7-3-6-11(15)12(16)14-10-5-2-4-9(13)8-10/h2,4-5,8,11H,3,6-7H2,1H3,(H,14,16). The molecule has 7 heteroatoms. The fourth-order valence-electron chi connectivity index (χ4n) is 2.19. The number of halogens is 1. The van der Waals surface area contributed by atoms with Crippen molar-refractivity contribution in [1.82, 2.24) is 4.31 Å². The van der Waals surface area contributed by atoms with Gasteiger partial charge in [0.25, 0.3) is 0 Å². The van der Waals surface area contributed by atoms with Gasteiger partial charge in [-0.25, -0.2) is 8.42 Å². The summed E-state index contributed by atoms with van der Waals surface area (Å²) in [5, 5.41) is 2.78. The molecule has 1 aromatic carbocycles. The molecule has 0 radical (unpaired) electrons. The Morgan fingerprint density at radius 2 is 2.21 bits per heavy atom. The van der Waals surface area contributed by atoms with Gasteiger partial charge in [0.05, 0.1) is 6.26 Å². The number of anilines is 1. The normalized spacial score (nSPS) is 20.4. The minimum atomic E-state index is -3.33. The Labute approximate surface area is 126 Å². The van der Waals surface area contributed by atoms with Gasteiger partial charge in [0, 0.05) is 15.8 Å². The number of nitrogens with one attached hydrogen (secondary N) is 1. The summed E-state index contributed by atoms with van der Waals surface area (Å²) in [4.78, 5) is 12.2. The topological polar surface area (TPSA) is 66.5 Å². The van der Waals surface area contributed by atoms with E-state index >= 15 is 0 Å². The number of nitrogens with zero attached hydrogens (tertiary/aromatic N) is 1. The third-order valence-corrected chi connectivity index (χ3v) is 4.98. The molecule has 0 spiro atoms. The largest absolute Gasteiger partial charge is 0.325 e. The van der Waals surface area contributed by atoms with Crippen LogP contribution in [0.4, 0.5) is 5.69 Å². The first kappa shape index (κ1) is 14.7. The number of benzene rings is 1. The smallest absolute Gasteiger partial charge is 0.242 e. The second kappa shape index (κ2) is 5.76. The summed E-state index contributed by atoms with van der Waals surface area (Å²) in [6.45, 7) is 0.420. The molecule has 1 saturated heterocycles. The molecule has 1 fully saturated rings. The summed E-state index contributed by atoms with van der Waals surface area (Å²) in [6, 6.07) is 6.82. The fraction of sp³-hybridized carbons (Fsp3) is 0.417. The van der Waals surface area contributed by atoms with Crippen molar-refractivity contribution in [3.05, 3.63) is 27.8 Å². The summed E-state index contributed by atoms with van der Waals surface area (Å²) >= 11 is 2.16. The Kier molecular flexibility index (Phi) is 4.46. The van der Waals surface area contributed by atoms with E-state index in [4.69, 9.17) is 0 Å². The zero-order chi connectivity index (χ0) is 14.0. The van der Waals surface area contributed by atoms with Crippen molar-refractivity contribution in [2.75, 3.05) is 18.1 Å². The quantitative estimate of drug-likeness (QED) is 0.794. The number of hydrogen-bond donors (Lipinski definition) is 1. The van der Waals surface area contributed by atoms with Crippen LogP contribution in [0.1, 0.15) is 12.8 Å². The summed E-state index contributed by atoms with van der Waals surface area (Å²) in [6.07, 6.45) is 2.43. The van der Waals surface area contributed by atoms with E-state index in [2.05, 4.69) is 27.9 Å². The van der Waals surface area contributed by atoms with Gasteiger partial charge in [-0.05, 0) is 53.6 Å². The molecule has 0 aromatic heterocycles. The Morgan fingerprint density at radius 1 is 1.47 bits per heavy atom. The first-order valence-electron chi connectivity index (χ1n) is 5.91. The van der Waals surface area contributed by atoms with E-state index in [0.29, 0.717) is 18.7 Å². The lowest BCUT2D eigenvalue weighted by atomic mass is 10.2. The molecule has 1 N–H and O–H groups in total. The first-order valence-corrected chi connectivity index (χ1v) is 8.84. The molecule has 0 bridgehead atoms. The monoisotopic (exact) mass is 394 g/mol. The average Bonchev–Trinajstić information content (AvgIpc) is 2.77. The maximum atomic E-state index is 12.2.